The van der Waals surface area contributed by atoms with Gasteiger partial charge in [0.15, 0.2) is 14.3 Å². The minimum atomic E-state index is -3.87. The second kappa shape index (κ2) is 35.5. The van der Waals surface area contributed by atoms with E-state index >= 15 is 9.13 Å². The summed E-state index contributed by atoms with van der Waals surface area (Å²) in [5, 5.41) is 40.7. The van der Waals surface area contributed by atoms with E-state index in [9.17, 15) is 8.42 Å². The van der Waals surface area contributed by atoms with E-state index in [1.807, 2.05) is 206 Å². The molecule has 30 aromatic rings. The van der Waals surface area contributed by atoms with Gasteiger partial charge in [-0.2, -0.15) is 0 Å². The SMILES string of the molecule is O=P(c1ccccc1)(c1ccccc1)c1c2ccccc2c(-c2nc3c4ccccc4c4ccccc4c3c3c2ccc2ccccc23)c2ccccc12.O=P(c1ccccc1)(c1ccccc1)c1cccc(-c2nc3c4ccccc4c4ccccc4c3c3c2ccc2ncccc23)n1.O=S(=O)(c1ccccc1)c1c2ccccc2c(-c2nc3c4ccccc4c4ccccc4c3c3c2ccc2ccccc23)c2ccccc12. The fraction of sp³-hybridized carbons (Fsp3) is 0. The molecule has 0 radical (unpaired) electrons. The van der Waals surface area contributed by atoms with E-state index in [1.54, 1.807) is 24.3 Å². The van der Waals surface area contributed by atoms with Crippen LogP contribution < -0.4 is 32.0 Å². The summed E-state index contributed by atoms with van der Waals surface area (Å²) in [5.74, 6) is 0. The maximum absolute atomic E-state index is 16.3. The van der Waals surface area contributed by atoms with Gasteiger partial charge in [-0.15, -0.1) is 0 Å². The van der Waals surface area contributed by atoms with E-state index in [2.05, 4.69) is 285 Å². The molecule has 30 rings (SSSR count). The number of pyridine rings is 5. The number of rotatable bonds is 11. The Morgan fingerprint density at radius 3 is 0.879 bits per heavy atom. The van der Waals surface area contributed by atoms with Crippen LogP contribution in [0.2, 0.25) is 0 Å². The highest BCUT2D eigenvalue weighted by atomic mass is 32.2. The molecule has 9 nitrogen and oxygen atoms in total. The van der Waals surface area contributed by atoms with Crippen molar-refractivity contribution in [3.05, 3.63) is 516 Å². The van der Waals surface area contributed by atoms with Crippen molar-refractivity contribution in [3.8, 4) is 33.9 Å². The van der Waals surface area contributed by atoms with Gasteiger partial charge in [-0.1, -0.05) is 467 Å². The van der Waals surface area contributed by atoms with Crippen LogP contribution >= 0.6 is 14.3 Å². The van der Waals surface area contributed by atoms with Crippen molar-refractivity contribution in [1.82, 2.24) is 24.9 Å². The minimum Gasteiger partial charge on any atom is -0.309 e. The first-order valence-corrected chi connectivity index (χ1v) is 55.0. The molecule has 0 saturated carbocycles. The molecule has 12 heteroatoms. The summed E-state index contributed by atoms with van der Waals surface area (Å²) >= 11 is 0. The number of aromatic nitrogens is 5. The number of benzene rings is 25. The van der Waals surface area contributed by atoms with Crippen LogP contribution in [-0.2, 0) is 19.0 Å². The first-order valence-electron chi connectivity index (χ1n) is 50.1. The van der Waals surface area contributed by atoms with Crippen LogP contribution in [0, 0.1) is 0 Å². The molecule has 0 bridgehead atoms. The van der Waals surface area contributed by atoms with Gasteiger partial charge in [-0.05, 0) is 145 Å². The summed E-state index contributed by atoms with van der Waals surface area (Å²) in [6.45, 7) is 0. The van der Waals surface area contributed by atoms with Gasteiger partial charge >= 0.3 is 0 Å². The minimum absolute atomic E-state index is 0.275. The van der Waals surface area contributed by atoms with Gasteiger partial charge in [-0.25, -0.2) is 28.4 Å². The van der Waals surface area contributed by atoms with Crippen molar-refractivity contribution in [3.63, 3.8) is 0 Å². The molecule has 5 aromatic heterocycles. The summed E-state index contributed by atoms with van der Waals surface area (Å²) < 4.78 is 60.6. The van der Waals surface area contributed by atoms with E-state index in [0.29, 0.717) is 26.8 Å². The Morgan fingerprint density at radius 2 is 0.477 bits per heavy atom. The van der Waals surface area contributed by atoms with E-state index < -0.39 is 24.1 Å². The van der Waals surface area contributed by atoms with Gasteiger partial charge in [0, 0.05) is 125 Å². The molecule has 0 aliphatic rings. The van der Waals surface area contributed by atoms with Gasteiger partial charge in [0.2, 0.25) is 9.84 Å². The fourth-order valence-corrected chi connectivity index (χ4v) is 31.1. The lowest BCUT2D eigenvalue weighted by Gasteiger charge is -2.25. The summed E-state index contributed by atoms with van der Waals surface area (Å²) in [5.41, 5.74) is 9.46. The molecule has 0 spiro atoms. The van der Waals surface area contributed by atoms with Gasteiger partial charge in [0.25, 0.3) is 0 Å². The lowest BCUT2D eigenvalue weighted by atomic mass is 9.88. The molecule has 0 saturated heterocycles. The second-order valence-corrected chi connectivity index (χ2v) is 45.5. The van der Waals surface area contributed by atoms with Crippen LogP contribution in [0.3, 0.4) is 0 Å². The van der Waals surface area contributed by atoms with Gasteiger partial charge in [0.1, 0.15) is 5.44 Å². The van der Waals surface area contributed by atoms with Crippen molar-refractivity contribution in [2.24, 2.45) is 0 Å². The molecule has 0 fully saturated rings. The lowest BCUT2D eigenvalue weighted by molar-refractivity contribution is 0.591. The van der Waals surface area contributed by atoms with Crippen molar-refractivity contribution in [2.45, 2.75) is 9.79 Å². The third kappa shape index (κ3) is 13.9. The van der Waals surface area contributed by atoms with Crippen LogP contribution in [0.1, 0.15) is 0 Å². The molecule has 0 N–H and O–H groups in total. The lowest BCUT2D eigenvalue weighted by Crippen LogP contribution is -2.27. The fourth-order valence-electron chi connectivity index (χ4n) is 23.8. The quantitative estimate of drug-likeness (QED) is 0.0705. The first-order chi connectivity index (χ1) is 73.5. The Morgan fingerprint density at radius 1 is 0.188 bits per heavy atom. The van der Waals surface area contributed by atoms with Gasteiger partial charge < -0.3 is 9.13 Å². The molecule has 698 valence electrons. The van der Waals surface area contributed by atoms with E-state index in [0.717, 1.165) is 201 Å². The Labute approximate surface area is 856 Å². The molecule has 0 unspecified atom stereocenters. The number of hydrogen-bond acceptors (Lipinski definition) is 9. The van der Waals surface area contributed by atoms with Crippen molar-refractivity contribution < 1.29 is 17.5 Å². The highest BCUT2D eigenvalue weighted by Gasteiger charge is 2.38. The highest BCUT2D eigenvalue weighted by Crippen LogP contribution is 2.55. The summed E-state index contributed by atoms with van der Waals surface area (Å²) in [6.07, 6.45) is 1.84. The second-order valence-electron chi connectivity index (χ2n) is 38.2. The standard InChI is InChI=1S/C51H32NOP.C45H27NO2S.C41H26N3OP/c53-54(34-18-3-1-4-19-34,35-20-5-2-6-21-35)51-43-29-15-12-26-40(43)47(41-27-13-16-30-44(41)51)50-45-32-31-33-17-7-8-22-36(33)46(45)48-39-25-11-9-23-37(39)38-24-10-14-28-42(38)49(48)52-50;47-49(48,29-15-2-1-3-16-29)45-37-24-12-9-21-34(37)41(35-22-10-13-25-38(35)45)44-39-27-26-28-14-4-5-17-30(28)40(39)42-33-20-8-6-18-31(33)32-19-7-11-23-36(32)43(42)46-44;45-46(27-13-3-1-4-14-27,28-15-5-2-6-16-28)37-23-11-22-36(43-37)40-34-24-25-35-33(21-12-26-42-35)38(34)39-31-19-9-7-17-29(31)30-18-8-10-20-32(30)41(39)44-40/h1-32H;1-27H;1-26H. The molecule has 0 aliphatic heterocycles. The summed E-state index contributed by atoms with van der Waals surface area (Å²) in [4.78, 5) is 27.4. The maximum atomic E-state index is 16.3. The van der Waals surface area contributed by atoms with E-state index in [4.69, 9.17) is 24.9 Å². The molecule has 0 aliphatic carbocycles. The van der Waals surface area contributed by atoms with E-state index in [-0.39, 0.29) is 4.90 Å². The van der Waals surface area contributed by atoms with E-state index in [1.165, 1.54) is 48.5 Å². The number of nitrogens with zero attached hydrogens (tertiary/aromatic N) is 5. The third-order valence-corrected chi connectivity index (χ3v) is 38.2. The van der Waals surface area contributed by atoms with Crippen LogP contribution in [-0.4, -0.2) is 33.3 Å². The molecule has 149 heavy (non-hydrogen) atoms. The van der Waals surface area contributed by atoms with Crippen molar-refractivity contribution >= 4 is 261 Å². The summed E-state index contributed by atoms with van der Waals surface area (Å²) in [7, 11) is -10.5. The first kappa shape index (κ1) is 88.3. The smallest absolute Gasteiger partial charge is 0.207 e. The zero-order valence-corrected chi connectivity index (χ0v) is 82.9. The Kier molecular flexibility index (Phi) is 21.1. The van der Waals surface area contributed by atoms with Gasteiger partial charge in [-0.3, -0.25) is 4.98 Å². The van der Waals surface area contributed by atoms with Crippen LogP contribution in [0.4, 0.5) is 0 Å². The summed E-state index contributed by atoms with van der Waals surface area (Å²) in [6, 6.07) is 173. The molecular weight excluding hydrogens is 1870 g/mol. The largest absolute Gasteiger partial charge is 0.309 e. The number of sulfone groups is 1. The normalized spacial score (nSPS) is 12.1. The Hall–Kier alpha value is -18.4. The zero-order chi connectivity index (χ0) is 99.2. The van der Waals surface area contributed by atoms with Gasteiger partial charge in [0.05, 0.1) is 54.6 Å². The third-order valence-electron chi connectivity index (χ3n) is 30.2. The molecule has 25 aromatic carbocycles. The van der Waals surface area contributed by atoms with Crippen LogP contribution in [0.15, 0.2) is 526 Å². The number of fused-ring (bicyclic) bond motifs is 34. The van der Waals surface area contributed by atoms with Crippen LogP contribution in [0.5, 0.6) is 0 Å². The average Bonchev–Trinajstić information content (AvgIpc) is 0.698. The highest BCUT2D eigenvalue weighted by molar-refractivity contribution is 7.92. The molecular formula is C137H85N5O4P2S. The van der Waals surface area contributed by atoms with Crippen molar-refractivity contribution in [1.29, 1.82) is 0 Å². The number of hydrogen-bond donors (Lipinski definition) is 0. The Balaban J connectivity index is 0.000000108. The van der Waals surface area contributed by atoms with Crippen molar-refractivity contribution in [2.75, 3.05) is 0 Å². The molecule has 0 amide bonds. The molecule has 0 atom stereocenters. The topological polar surface area (TPSA) is 133 Å². The van der Waals surface area contributed by atoms with Crippen LogP contribution in [0.25, 0.3) is 239 Å². The zero-order valence-electron chi connectivity index (χ0n) is 80.2. The monoisotopic (exact) mass is 1960 g/mol. The average molecular weight is 1960 g/mol. The maximum Gasteiger partial charge on any atom is 0.207 e. The predicted octanol–water partition coefficient (Wildman–Crippen LogP) is 33.1. The molecule has 5 heterocycles. The Bertz CT molecular complexity index is 10900. The predicted molar refractivity (Wildman–Crippen MR) is 628 cm³/mol.